The van der Waals surface area contributed by atoms with Crippen molar-refractivity contribution in [3.05, 3.63) is 71.7 Å². The molecule has 1 unspecified atom stereocenters. The number of hydrogen-bond donors (Lipinski definition) is 3. The van der Waals surface area contributed by atoms with Crippen molar-refractivity contribution < 1.29 is 32.3 Å². The summed E-state index contributed by atoms with van der Waals surface area (Å²) in [4.78, 5) is 21.3. The number of hydroxylamine groups is 2. The van der Waals surface area contributed by atoms with Gasteiger partial charge < -0.3 is 20.6 Å². The van der Waals surface area contributed by atoms with Crippen LogP contribution in [0.4, 0.5) is 29.1 Å². The predicted octanol–water partition coefficient (Wildman–Crippen LogP) is 5.37. The molecule has 0 bridgehead atoms. The average molecular weight is 547 g/mol. The van der Waals surface area contributed by atoms with E-state index in [2.05, 4.69) is 25.3 Å². The molecule has 4 rings (SSSR count). The fraction of sp³-hybridized carbons (Fsp3) is 0.269. The number of anilines is 2. The molecular weight excluding hydrogens is 520 g/mol. The molecule has 2 aromatic carbocycles. The van der Waals surface area contributed by atoms with Gasteiger partial charge in [0.25, 0.3) is 5.91 Å². The maximum absolute atomic E-state index is 14.8. The number of aryl methyl sites for hydroxylation is 1. The molecule has 0 saturated heterocycles. The topological polar surface area (TPSA) is 104 Å². The predicted molar refractivity (Wildman–Crippen MR) is 135 cm³/mol. The molecule has 206 valence electrons. The molecule has 1 atom stereocenters. The van der Waals surface area contributed by atoms with Crippen molar-refractivity contribution >= 4 is 23.1 Å². The van der Waals surface area contributed by atoms with Crippen LogP contribution in [0.5, 0.6) is 5.75 Å². The minimum atomic E-state index is -3.30. The summed E-state index contributed by atoms with van der Waals surface area (Å²) in [5.41, 5.74) is 2.04. The van der Waals surface area contributed by atoms with E-state index in [-0.39, 0.29) is 22.8 Å². The molecule has 39 heavy (non-hydrogen) atoms. The number of halogens is 4. The van der Waals surface area contributed by atoms with Gasteiger partial charge in [0, 0.05) is 35.8 Å². The second-order valence-corrected chi connectivity index (χ2v) is 8.49. The molecule has 13 heteroatoms. The Balaban J connectivity index is 1.62. The van der Waals surface area contributed by atoms with Gasteiger partial charge >= 0.3 is 6.61 Å². The van der Waals surface area contributed by atoms with E-state index in [1.807, 2.05) is 6.92 Å². The van der Waals surface area contributed by atoms with Gasteiger partial charge in [0.1, 0.15) is 6.17 Å². The van der Waals surface area contributed by atoms with Gasteiger partial charge in [-0.1, -0.05) is 13.8 Å². The second-order valence-electron chi connectivity index (χ2n) is 8.49. The number of ether oxygens (including phenoxy) is 1. The highest BCUT2D eigenvalue weighted by Gasteiger charge is 2.21. The Morgan fingerprint density at radius 1 is 1.15 bits per heavy atom. The number of aromatic nitrogens is 3. The molecule has 0 aliphatic carbocycles. The molecule has 3 N–H and O–H groups in total. The average Bonchev–Trinajstić information content (AvgIpc) is 3.35. The van der Waals surface area contributed by atoms with Crippen LogP contribution < -0.4 is 15.4 Å². The molecule has 0 spiro atoms. The lowest BCUT2D eigenvalue weighted by Crippen LogP contribution is -2.44. The summed E-state index contributed by atoms with van der Waals surface area (Å²) >= 11 is 0. The van der Waals surface area contributed by atoms with E-state index in [4.69, 9.17) is 0 Å². The molecule has 0 fully saturated rings. The quantitative estimate of drug-likeness (QED) is 0.140. The van der Waals surface area contributed by atoms with Gasteiger partial charge in [-0.3, -0.25) is 9.20 Å². The summed E-state index contributed by atoms with van der Waals surface area (Å²) in [5, 5.41) is 16.7. The highest BCUT2D eigenvalue weighted by Crippen LogP contribution is 2.32. The van der Waals surface area contributed by atoms with Crippen LogP contribution in [-0.4, -0.2) is 49.9 Å². The monoisotopic (exact) mass is 546 g/mol. The van der Waals surface area contributed by atoms with Gasteiger partial charge in [0.15, 0.2) is 23.0 Å². The molecule has 0 aliphatic rings. The van der Waals surface area contributed by atoms with E-state index in [1.165, 1.54) is 23.0 Å². The number of imidazole rings is 1. The summed E-state index contributed by atoms with van der Waals surface area (Å²) in [5.74, 6) is -3.84. The van der Waals surface area contributed by atoms with Crippen LogP contribution in [0.25, 0.3) is 16.9 Å². The third-order valence-corrected chi connectivity index (χ3v) is 6.07. The number of benzene rings is 2. The zero-order valence-electron chi connectivity index (χ0n) is 21.3. The Morgan fingerprint density at radius 3 is 2.62 bits per heavy atom. The molecular formula is C26H26F4N6O3. The first-order valence-corrected chi connectivity index (χ1v) is 12.1. The molecule has 2 heterocycles. The third-order valence-electron chi connectivity index (χ3n) is 6.07. The number of nitrogens with zero attached hydrogens (tertiary/aromatic N) is 4. The first-order valence-electron chi connectivity index (χ1n) is 12.1. The maximum Gasteiger partial charge on any atom is 0.387 e. The number of amides is 1. The maximum atomic E-state index is 14.8. The fourth-order valence-electron chi connectivity index (χ4n) is 4.06. The van der Waals surface area contributed by atoms with Crippen LogP contribution >= 0.6 is 0 Å². The van der Waals surface area contributed by atoms with Crippen molar-refractivity contribution in [1.82, 2.24) is 24.7 Å². The molecule has 0 aliphatic heterocycles. The van der Waals surface area contributed by atoms with Gasteiger partial charge in [0.2, 0.25) is 5.82 Å². The highest BCUT2D eigenvalue weighted by molar-refractivity contribution is 5.96. The van der Waals surface area contributed by atoms with Crippen molar-refractivity contribution in [1.29, 1.82) is 0 Å². The summed E-state index contributed by atoms with van der Waals surface area (Å²) in [6.07, 6.45) is 4.20. The molecule has 0 saturated carbocycles. The number of nitrogens with one attached hydrogen (secondary N) is 2. The van der Waals surface area contributed by atoms with Gasteiger partial charge in [0.05, 0.1) is 11.9 Å². The lowest BCUT2D eigenvalue weighted by Gasteiger charge is -2.22. The van der Waals surface area contributed by atoms with Crippen molar-refractivity contribution in [2.75, 3.05) is 11.9 Å². The van der Waals surface area contributed by atoms with Crippen molar-refractivity contribution in [3.63, 3.8) is 0 Å². The molecule has 1 amide bonds. The summed E-state index contributed by atoms with van der Waals surface area (Å²) in [6, 6.07) is 7.16. The molecule has 9 nitrogen and oxygen atoms in total. The molecule has 2 aromatic heterocycles. The SMILES string of the molecule is CCc1cc(Nc2nccn3c(-c4ccc(OC(F)F)c(F)c4F)cnc23)ccc1C(=O)NC(C)N(O)CC. The fourth-order valence-corrected chi connectivity index (χ4v) is 4.06. The van der Waals surface area contributed by atoms with Crippen LogP contribution in [0.3, 0.4) is 0 Å². The second kappa shape index (κ2) is 11.7. The standard InChI is InChI=1S/C26H26F4N6O3/c1-4-15-12-16(6-7-17(15)25(37)33-14(3)36(38)5-2)34-23-24-32-13-19(35(24)11-10-31-23)18-8-9-20(39-26(29)30)22(28)21(18)27/h6-14,26,38H,4-5H2,1-3H3,(H,31,34)(H,33,37). The zero-order chi connectivity index (χ0) is 28.3. The smallest absolute Gasteiger partial charge is 0.387 e. The Morgan fingerprint density at radius 2 is 1.92 bits per heavy atom. The Labute approximate surface area is 221 Å². The number of fused-ring (bicyclic) bond motifs is 1. The number of hydrogen-bond acceptors (Lipinski definition) is 7. The number of carbonyl (C=O) groups is 1. The highest BCUT2D eigenvalue weighted by atomic mass is 19.3. The van der Waals surface area contributed by atoms with E-state index < -0.39 is 30.2 Å². The lowest BCUT2D eigenvalue weighted by atomic mass is 10.0. The summed E-state index contributed by atoms with van der Waals surface area (Å²) in [7, 11) is 0. The van der Waals surface area contributed by atoms with Crippen molar-refractivity contribution in [2.45, 2.75) is 40.0 Å². The van der Waals surface area contributed by atoms with Gasteiger partial charge in [-0.05, 0) is 49.2 Å². The Hall–Kier alpha value is -4.23. The number of carbonyl (C=O) groups excluding carboxylic acids is 1. The van der Waals surface area contributed by atoms with Crippen LogP contribution in [0.2, 0.25) is 0 Å². The zero-order valence-corrected chi connectivity index (χ0v) is 21.3. The van der Waals surface area contributed by atoms with E-state index in [0.29, 0.717) is 30.0 Å². The van der Waals surface area contributed by atoms with E-state index in [1.54, 1.807) is 32.0 Å². The van der Waals surface area contributed by atoms with Crippen LogP contribution in [0.1, 0.15) is 36.7 Å². The van der Waals surface area contributed by atoms with E-state index in [9.17, 15) is 27.6 Å². The normalized spacial score (nSPS) is 12.3. The van der Waals surface area contributed by atoms with E-state index >= 15 is 0 Å². The largest absolute Gasteiger partial charge is 0.432 e. The molecule has 4 aromatic rings. The Kier molecular flexibility index (Phi) is 8.31. The third kappa shape index (κ3) is 5.78. The summed E-state index contributed by atoms with van der Waals surface area (Å²) < 4.78 is 59.5. The lowest BCUT2D eigenvalue weighted by molar-refractivity contribution is -0.123. The van der Waals surface area contributed by atoms with Crippen LogP contribution in [0.15, 0.2) is 48.9 Å². The van der Waals surface area contributed by atoms with Gasteiger partial charge in [-0.15, -0.1) is 0 Å². The van der Waals surface area contributed by atoms with Gasteiger partial charge in [-0.2, -0.15) is 18.2 Å². The minimum Gasteiger partial charge on any atom is -0.432 e. The van der Waals surface area contributed by atoms with E-state index in [0.717, 1.165) is 22.8 Å². The first-order chi connectivity index (χ1) is 18.6. The van der Waals surface area contributed by atoms with Gasteiger partial charge in [-0.25, -0.2) is 14.4 Å². The first kappa shape index (κ1) is 27.8. The number of alkyl halides is 2. The van der Waals surface area contributed by atoms with Crippen molar-refractivity contribution in [3.8, 4) is 17.0 Å². The number of rotatable bonds is 10. The minimum absolute atomic E-state index is 0.163. The summed E-state index contributed by atoms with van der Waals surface area (Å²) in [6.45, 7) is 2.37. The van der Waals surface area contributed by atoms with Crippen LogP contribution in [0, 0.1) is 11.6 Å². The molecule has 0 radical (unpaired) electrons. The van der Waals surface area contributed by atoms with Crippen molar-refractivity contribution in [2.24, 2.45) is 0 Å². The Bertz CT molecular complexity index is 1500. The van der Waals surface area contributed by atoms with Crippen LogP contribution in [-0.2, 0) is 6.42 Å².